The first kappa shape index (κ1) is 15.9. The van der Waals surface area contributed by atoms with Crippen molar-refractivity contribution in [2.45, 2.75) is 32.9 Å². The van der Waals surface area contributed by atoms with Crippen LogP contribution in [-0.2, 0) is 28.0 Å². The minimum Gasteiger partial charge on any atom is -0.368 e. The topological polar surface area (TPSA) is 83.7 Å². The number of fused-ring (bicyclic) bond motifs is 1. The highest BCUT2D eigenvalue weighted by molar-refractivity contribution is 7.86. The van der Waals surface area contributed by atoms with Crippen molar-refractivity contribution in [1.82, 2.24) is 8.61 Å². The van der Waals surface area contributed by atoms with Gasteiger partial charge in [-0.15, -0.1) is 0 Å². The van der Waals surface area contributed by atoms with E-state index < -0.39 is 22.2 Å². The Hall–Kier alpha value is -1.44. The number of benzene rings is 1. The first-order chi connectivity index (χ1) is 9.91. The highest BCUT2D eigenvalue weighted by Crippen LogP contribution is 2.27. The molecule has 0 saturated carbocycles. The van der Waals surface area contributed by atoms with Crippen LogP contribution in [-0.4, -0.2) is 42.1 Å². The van der Waals surface area contributed by atoms with Crippen LogP contribution in [0.3, 0.4) is 0 Å². The number of amides is 1. The summed E-state index contributed by atoms with van der Waals surface area (Å²) in [5, 5.41) is 0. The van der Waals surface area contributed by atoms with Crippen molar-refractivity contribution < 1.29 is 13.2 Å². The fourth-order valence-corrected chi connectivity index (χ4v) is 4.43. The number of hydrogen-bond donors (Lipinski definition) is 1. The van der Waals surface area contributed by atoms with Gasteiger partial charge in [-0.2, -0.15) is 17.0 Å². The van der Waals surface area contributed by atoms with E-state index in [1.807, 2.05) is 24.3 Å². The Morgan fingerprint density at radius 1 is 1.29 bits per heavy atom. The van der Waals surface area contributed by atoms with Crippen LogP contribution in [0.15, 0.2) is 24.3 Å². The summed E-state index contributed by atoms with van der Waals surface area (Å²) in [7, 11) is -3.70. The van der Waals surface area contributed by atoms with E-state index in [4.69, 9.17) is 5.73 Å². The van der Waals surface area contributed by atoms with Gasteiger partial charge in [0, 0.05) is 19.6 Å². The second kappa shape index (κ2) is 6.13. The predicted molar refractivity (Wildman–Crippen MR) is 80.5 cm³/mol. The lowest BCUT2D eigenvalue weighted by atomic mass is 9.96. The molecule has 1 aliphatic rings. The molecule has 21 heavy (non-hydrogen) atoms. The lowest BCUT2D eigenvalue weighted by molar-refractivity contribution is -0.122. The molecule has 0 saturated heterocycles. The van der Waals surface area contributed by atoms with Gasteiger partial charge in [0.15, 0.2) is 0 Å². The van der Waals surface area contributed by atoms with Gasteiger partial charge in [-0.25, -0.2) is 0 Å². The Morgan fingerprint density at radius 3 is 2.38 bits per heavy atom. The zero-order chi connectivity index (χ0) is 15.6. The van der Waals surface area contributed by atoms with E-state index in [0.717, 1.165) is 11.1 Å². The van der Waals surface area contributed by atoms with Gasteiger partial charge in [0.1, 0.15) is 6.04 Å². The van der Waals surface area contributed by atoms with E-state index >= 15 is 0 Å². The van der Waals surface area contributed by atoms with Gasteiger partial charge >= 0.3 is 0 Å². The third-order valence-corrected chi connectivity index (χ3v) is 6.01. The van der Waals surface area contributed by atoms with Gasteiger partial charge in [-0.05, 0) is 17.5 Å². The van der Waals surface area contributed by atoms with Crippen LogP contribution in [0.25, 0.3) is 0 Å². The molecule has 0 aliphatic carbocycles. The highest BCUT2D eigenvalue weighted by atomic mass is 32.2. The van der Waals surface area contributed by atoms with E-state index in [9.17, 15) is 13.2 Å². The lowest BCUT2D eigenvalue weighted by Gasteiger charge is -2.36. The SMILES string of the molecule is CCN(CC)S(=O)(=O)N1Cc2ccccc2C[C@H]1C(N)=O. The smallest absolute Gasteiger partial charge is 0.283 e. The molecule has 1 aliphatic heterocycles. The van der Waals surface area contributed by atoms with Gasteiger partial charge < -0.3 is 5.73 Å². The fraction of sp³-hybridized carbons (Fsp3) is 0.500. The lowest BCUT2D eigenvalue weighted by Crippen LogP contribution is -2.55. The molecule has 7 heteroatoms. The normalized spacial score (nSPS) is 19.5. The predicted octanol–water partition coefficient (Wildman–Crippen LogP) is 0.485. The van der Waals surface area contributed by atoms with Crippen LogP contribution in [0, 0.1) is 0 Å². The van der Waals surface area contributed by atoms with Crippen molar-refractivity contribution >= 4 is 16.1 Å². The summed E-state index contributed by atoms with van der Waals surface area (Å²) < 4.78 is 28.0. The fourth-order valence-electron chi connectivity index (χ4n) is 2.68. The number of rotatable bonds is 5. The van der Waals surface area contributed by atoms with Crippen molar-refractivity contribution in [3.63, 3.8) is 0 Å². The Balaban J connectivity index is 2.44. The molecule has 116 valence electrons. The van der Waals surface area contributed by atoms with Crippen LogP contribution in [0.2, 0.25) is 0 Å². The van der Waals surface area contributed by atoms with Crippen LogP contribution in [0.1, 0.15) is 25.0 Å². The van der Waals surface area contributed by atoms with Gasteiger partial charge in [0.2, 0.25) is 5.91 Å². The van der Waals surface area contributed by atoms with Crippen LogP contribution in [0.4, 0.5) is 0 Å². The van der Waals surface area contributed by atoms with Crippen molar-refractivity contribution in [2.75, 3.05) is 13.1 Å². The van der Waals surface area contributed by atoms with Crippen LogP contribution in [0.5, 0.6) is 0 Å². The molecule has 1 heterocycles. The number of nitrogens with two attached hydrogens (primary N) is 1. The van der Waals surface area contributed by atoms with Crippen LogP contribution < -0.4 is 5.73 Å². The zero-order valence-electron chi connectivity index (χ0n) is 12.3. The maximum absolute atomic E-state index is 12.7. The number of carbonyl (C=O) groups excluding carboxylic acids is 1. The molecule has 0 spiro atoms. The Kier molecular flexibility index (Phi) is 4.65. The number of primary amides is 1. The van der Waals surface area contributed by atoms with Gasteiger partial charge in [0.05, 0.1) is 0 Å². The third kappa shape index (κ3) is 2.95. The quantitative estimate of drug-likeness (QED) is 0.858. The minimum absolute atomic E-state index is 0.183. The van der Waals surface area contributed by atoms with Crippen molar-refractivity contribution in [2.24, 2.45) is 5.73 Å². The van der Waals surface area contributed by atoms with Crippen LogP contribution >= 0.6 is 0 Å². The summed E-state index contributed by atoms with van der Waals surface area (Å²) in [6.07, 6.45) is 0.325. The summed E-state index contributed by atoms with van der Waals surface area (Å²) in [6, 6.07) is 6.71. The maximum Gasteiger partial charge on any atom is 0.283 e. The summed E-state index contributed by atoms with van der Waals surface area (Å²) in [6.45, 7) is 4.46. The summed E-state index contributed by atoms with van der Waals surface area (Å²) >= 11 is 0. The van der Waals surface area contributed by atoms with Gasteiger partial charge in [0.25, 0.3) is 10.2 Å². The molecule has 2 N–H and O–H groups in total. The molecular formula is C14H21N3O3S. The van der Waals surface area contributed by atoms with E-state index in [0.29, 0.717) is 19.5 Å². The van der Waals surface area contributed by atoms with Crippen molar-refractivity contribution in [3.05, 3.63) is 35.4 Å². The number of nitrogens with zero attached hydrogens (tertiary/aromatic N) is 2. The summed E-state index contributed by atoms with van der Waals surface area (Å²) in [4.78, 5) is 11.7. The van der Waals surface area contributed by atoms with E-state index in [1.165, 1.54) is 8.61 Å². The minimum atomic E-state index is -3.70. The molecule has 0 aromatic heterocycles. The molecule has 1 atom stereocenters. The van der Waals surface area contributed by atoms with Gasteiger partial charge in [-0.1, -0.05) is 38.1 Å². The Morgan fingerprint density at radius 2 is 1.86 bits per heavy atom. The maximum atomic E-state index is 12.7. The molecule has 2 rings (SSSR count). The molecular weight excluding hydrogens is 290 g/mol. The second-order valence-corrected chi connectivity index (χ2v) is 6.91. The standard InChI is InChI=1S/C14H21N3O3S/c1-3-16(4-2)21(19,20)17-10-12-8-6-5-7-11(12)9-13(17)14(15)18/h5-8,13H,3-4,9-10H2,1-2H3,(H2,15,18)/t13-/m0/s1. The second-order valence-electron chi connectivity index (χ2n) is 5.03. The van der Waals surface area contributed by atoms with Crippen molar-refractivity contribution in [3.8, 4) is 0 Å². The van der Waals surface area contributed by atoms with Crippen molar-refractivity contribution in [1.29, 1.82) is 0 Å². The number of hydrogen-bond acceptors (Lipinski definition) is 3. The Labute approximate surface area is 125 Å². The first-order valence-corrected chi connectivity index (χ1v) is 8.44. The molecule has 1 aromatic rings. The zero-order valence-corrected chi connectivity index (χ0v) is 13.1. The third-order valence-electron chi connectivity index (χ3n) is 3.86. The first-order valence-electron chi connectivity index (χ1n) is 7.04. The molecule has 1 aromatic carbocycles. The highest BCUT2D eigenvalue weighted by Gasteiger charge is 2.39. The largest absolute Gasteiger partial charge is 0.368 e. The van der Waals surface area contributed by atoms with E-state index in [2.05, 4.69) is 0 Å². The van der Waals surface area contributed by atoms with Gasteiger partial charge in [-0.3, -0.25) is 4.79 Å². The summed E-state index contributed by atoms with van der Waals surface area (Å²) in [5.74, 6) is -0.611. The monoisotopic (exact) mass is 311 g/mol. The molecule has 0 fully saturated rings. The van der Waals surface area contributed by atoms with E-state index in [-0.39, 0.29) is 6.54 Å². The summed E-state index contributed by atoms with van der Waals surface area (Å²) in [5.41, 5.74) is 7.33. The average molecular weight is 311 g/mol. The Bertz CT molecular complexity index is 626. The molecule has 6 nitrogen and oxygen atoms in total. The molecule has 0 unspecified atom stereocenters. The molecule has 0 bridgehead atoms. The molecule has 1 amide bonds. The van der Waals surface area contributed by atoms with E-state index in [1.54, 1.807) is 13.8 Å². The average Bonchev–Trinajstić information content (AvgIpc) is 2.46. The number of carbonyl (C=O) groups is 1. The molecule has 0 radical (unpaired) electrons.